The molecule has 4 rings (SSSR count). The van der Waals surface area contributed by atoms with E-state index in [1.165, 1.54) is 10.5 Å². The molecule has 6 heteroatoms. The fourth-order valence-corrected chi connectivity index (χ4v) is 4.24. The molecule has 2 fully saturated rings. The van der Waals surface area contributed by atoms with Crippen LogP contribution in [0, 0.1) is 0 Å². The van der Waals surface area contributed by atoms with E-state index >= 15 is 0 Å². The van der Waals surface area contributed by atoms with Crippen molar-refractivity contribution in [2.24, 2.45) is 0 Å². The first kappa shape index (κ1) is 20.4. The monoisotopic (exact) mass is 408 g/mol. The van der Waals surface area contributed by atoms with E-state index in [1.807, 2.05) is 42.2 Å². The summed E-state index contributed by atoms with van der Waals surface area (Å²) in [6.45, 7) is 6.99. The largest absolute Gasteiger partial charge is 0.481 e. The molecule has 1 atom stereocenters. The van der Waals surface area contributed by atoms with Gasteiger partial charge in [0.1, 0.15) is 12.3 Å². The number of nitrogens with zero attached hydrogens (tertiary/aromatic N) is 2. The van der Waals surface area contributed by atoms with E-state index in [4.69, 9.17) is 4.74 Å². The summed E-state index contributed by atoms with van der Waals surface area (Å²) >= 11 is 0. The lowest BCUT2D eigenvalue weighted by Gasteiger charge is -2.33. The second-order valence-corrected chi connectivity index (χ2v) is 8.14. The number of benzene rings is 2. The van der Waals surface area contributed by atoms with Crippen molar-refractivity contribution < 1.29 is 19.2 Å². The number of amides is 2. The highest BCUT2D eigenvalue weighted by atomic mass is 16.5. The van der Waals surface area contributed by atoms with Gasteiger partial charge in [-0.15, -0.1) is 0 Å². The maximum atomic E-state index is 12.8. The highest BCUT2D eigenvalue weighted by Gasteiger charge is 2.28. The number of quaternary nitrogens is 1. The lowest BCUT2D eigenvalue weighted by molar-refractivity contribution is -0.917. The molecule has 1 N–H and O–H groups in total. The lowest BCUT2D eigenvalue weighted by Crippen LogP contribution is -3.13. The number of anilines is 1. The topological polar surface area (TPSA) is 54.3 Å². The normalized spacial score (nSPS) is 18.5. The third-order valence-corrected chi connectivity index (χ3v) is 5.96. The van der Waals surface area contributed by atoms with E-state index in [0.717, 1.165) is 51.4 Å². The van der Waals surface area contributed by atoms with Crippen molar-refractivity contribution in [3.8, 4) is 5.75 Å². The molecule has 30 heavy (non-hydrogen) atoms. The predicted molar refractivity (Wildman–Crippen MR) is 116 cm³/mol. The highest BCUT2D eigenvalue weighted by molar-refractivity contribution is 5.95. The summed E-state index contributed by atoms with van der Waals surface area (Å²) in [4.78, 5) is 29.9. The first-order chi connectivity index (χ1) is 14.6. The van der Waals surface area contributed by atoms with Crippen molar-refractivity contribution in [1.29, 1.82) is 0 Å². The van der Waals surface area contributed by atoms with E-state index in [1.54, 1.807) is 4.90 Å². The summed E-state index contributed by atoms with van der Waals surface area (Å²) < 4.78 is 5.89. The van der Waals surface area contributed by atoms with Crippen LogP contribution in [0.4, 0.5) is 5.69 Å². The van der Waals surface area contributed by atoms with Crippen LogP contribution in [0.1, 0.15) is 25.3 Å². The number of carbonyl (C=O) groups excluding carboxylic acids is 2. The fourth-order valence-electron chi connectivity index (χ4n) is 4.24. The lowest BCUT2D eigenvalue weighted by atomic mass is 10.2. The molecule has 6 nitrogen and oxygen atoms in total. The molecule has 2 aliphatic heterocycles. The fraction of sp³-hybridized carbons (Fsp3) is 0.417. The van der Waals surface area contributed by atoms with Gasteiger partial charge in [-0.3, -0.25) is 9.59 Å². The van der Waals surface area contributed by atoms with Crippen LogP contribution in [0.25, 0.3) is 0 Å². The van der Waals surface area contributed by atoms with Crippen molar-refractivity contribution in [2.45, 2.75) is 32.4 Å². The number of rotatable bonds is 6. The van der Waals surface area contributed by atoms with Crippen LogP contribution in [0.5, 0.6) is 5.75 Å². The van der Waals surface area contributed by atoms with E-state index in [2.05, 4.69) is 24.3 Å². The van der Waals surface area contributed by atoms with Gasteiger partial charge >= 0.3 is 0 Å². The second kappa shape index (κ2) is 9.30. The molecular formula is C24H30N3O3+. The van der Waals surface area contributed by atoms with E-state index in [9.17, 15) is 9.59 Å². The van der Waals surface area contributed by atoms with Crippen LogP contribution in [0.3, 0.4) is 0 Å². The Morgan fingerprint density at radius 3 is 2.37 bits per heavy atom. The maximum absolute atomic E-state index is 12.8. The molecule has 158 valence electrons. The summed E-state index contributed by atoms with van der Waals surface area (Å²) in [5, 5.41) is 0. The van der Waals surface area contributed by atoms with Gasteiger partial charge in [0.2, 0.25) is 5.91 Å². The molecule has 0 aliphatic carbocycles. The third kappa shape index (κ3) is 4.82. The van der Waals surface area contributed by atoms with Gasteiger partial charge in [-0.1, -0.05) is 30.3 Å². The van der Waals surface area contributed by atoms with Gasteiger partial charge in [-0.25, -0.2) is 0 Å². The average Bonchev–Trinajstić information content (AvgIpc) is 3.21. The first-order valence-corrected chi connectivity index (χ1v) is 10.8. The zero-order chi connectivity index (χ0) is 20.9. The van der Waals surface area contributed by atoms with Crippen molar-refractivity contribution in [3.63, 3.8) is 0 Å². The Labute approximate surface area is 178 Å². The van der Waals surface area contributed by atoms with E-state index in [-0.39, 0.29) is 11.8 Å². The second-order valence-electron chi connectivity index (χ2n) is 8.14. The molecule has 2 heterocycles. The van der Waals surface area contributed by atoms with Gasteiger partial charge in [-0.2, -0.15) is 0 Å². The smallest absolute Gasteiger partial charge is 0.263 e. The summed E-state index contributed by atoms with van der Waals surface area (Å²) in [6, 6.07) is 18.0. The van der Waals surface area contributed by atoms with E-state index in [0.29, 0.717) is 12.2 Å². The number of nitrogens with one attached hydrogen (secondary N) is 1. The Balaban J connectivity index is 1.26. The van der Waals surface area contributed by atoms with Gasteiger partial charge in [0, 0.05) is 24.2 Å². The van der Waals surface area contributed by atoms with Crippen molar-refractivity contribution in [1.82, 2.24) is 4.90 Å². The summed E-state index contributed by atoms with van der Waals surface area (Å²) in [7, 11) is 0. The molecule has 0 unspecified atom stereocenters. The molecule has 0 saturated carbocycles. The summed E-state index contributed by atoms with van der Waals surface area (Å²) in [5.41, 5.74) is 2.23. The summed E-state index contributed by atoms with van der Waals surface area (Å²) in [6.07, 6.45) is 0.993. The predicted octanol–water partition coefficient (Wildman–Crippen LogP) is 1.51. The molecule has 2 aromatic carbocycles. The van der Waals surface area contributed by atoms with Crippen molar-refractivity contribution in [3.05, 3.63) is 60.2 Å². The van der Waals surface area contributed by atoms with Crippen LogP contribution < -0.4 is 14.5 Å². The molecule has 2 saturated heterocycles. The SMILES string of the molecule is C[C@H](Oc1ccc(N2CCCC2=O)cc1)C(=O)N1CC[NH+](Cc2ccccc2)CC1. The number of hydrogen-bond donors (Lipinski definition) is 1. The Kier molecular flexibility index (Phi) is 6.33. The molecule has 2 aliphatic rings. The molecular weight excluding hydrogens is 378 g/mol. The van der Waals surface area contributed by atoms with Crippen LogP contribution in [0.2, 0.25) is 0 Å². The van der Waals surface area contributed by atoms with Gasteiger partial charge in [0.25, 0.3) is 5.91 Å². The quantitative estimate of drug-likeness (QED) is 0.788. The van der Waals surface area contributed by atoms with Crippen molar-refractivity contribution in [2.75, 3.05) is 37.6 Å². The molecule has 0 spiro atoms. The zero-order valence-electron chi connectivity index (χ0n) is 17.5. The number of carbonyl (C=O) groups is 2. The summed E-state index contributed by atoms with van der Waals surface area (Å²) in [5.74, 6) is 0.855. The molecule has 0 bridgehead atoms. The maximum Gasteiger partial charge on any atom is 0.263 e. The van der Waals surface area contributed by atoms with Crippen LogP contribution in [0.15, 0.2) is 54.6 Å². The zero-order valence-corrected chi connectivity index (χ0v) is 17.5. The Morgan fingerprint density at radius 2 is 1.73 bits per heavy atom. The minimum absolute atomic E-state index is 0.0348. The van der Waals surface area contributed by atoms with Gasteiger partial charge < -0.3 is 19.4 Å². The van der Waals surface area contributed by atoms with E-state index < -0.39 is 6.10 Å². The Hall–Kier alpha value is -2.86. The molecule has 0 aromatic heterocycles. The molecule has 2 amide bonds. The first-order valence-electron chi connectivity index (χ1n) is 10.8. The number of ether oxygens (including phenoxy) is 1. The van der Waals surface area contributed by atoms with Gasteiger partial charge in [0.15, 0.2) is 6.10 Å². The minimum Gasteiger partial charge on any atom is -0.481 e. The van der Waals surface area contributed by atoms with Gasteiger partial charge in [-0.05, 0) is 37.6 Å². The van der Waals surface area contributed by atoms with Crippen molar-refractivity contribution >= 4 is 17.5 Å². The minimum atomic E-state index is -0.528. The standard InChI is InChI=1S/C24H29N3O3/c1-19(30-22-11-9-21(10-12-22)27-13-5-8-23(27)28)24(29)26-16-14-25(15-17-26)18-20-6-3-2-4-7-20/h2-4,6-7,9-12,19H,5,8,13-18H2,1H3/p+1/t19-/m0/s1. The number of piperazine rings is 1. The Morgan fingerprint density at radius 1 is 1.03 bits per heavy atom. The van der Waals surface area contributed by atoms with Gasteiger partial charge in [0.05, 0.1) is 26.2 Å². The third-order valence-electron chi connectivity index (χ3n) is 5.96. The van der Waals surface area contributed by atoms with Crippen LogP contribution >= 0.6 is 0 Å². The molecule has 2 aromatic rings. The number of hydrogen-bond acceptors (Lipinski definition) is 3. The van der Waals surface area contributed by atoms with Crippen LogP contribution in [-0.2, 0) is 16.1 Å². The Bertz CT molecular complexity index is 861. The molecule has 0 radical (unpaired) electrons. The average molecular weight is 409 g/mol. The van der Waals surface area contributed by atoms with Crippen LogP contribution in [-0.4, -0.2) is 55.5 Å². The highest BCUT2D eigenvalue weighted by Crippen LogP contribution is 2.24.